The molecule has 0 unspecified atom stereocenters. The Morgan fingerprint density at radius 2 is 2.07 bits per heavy atom. The van der Waals surface area contributed by atoms with Gasteiger partial charge >= 0.3 is 0 Å². The molecule has 2 aromatic rings. The normalized spacial score (nSPS) is 10.3. The van der Waals surface area contributed by atoms with Crippen LogP contribution in [0.15, 0.2) is 29.1 Å². The highest BCUT2D eigenvalue weighted by molar-refractivity contribution is 5.91. The number of aromatic nitrogens is 2. The lowest BCUT2D eigenvalue weighted by molar-refractivity contribution is 0.0990. The minimum Gasteiger partial charge on any atom is -0.363 e. The van der Waals surface area contributed by atoms with Crippen molar-refractivity contribution < 1.29 is 4.79 Å². The van der Waals surface area contributed by atoms with Gasteiger partial charge in [-0.1, -0.05) is 12.1 Å². The van der Waals surface area contributed by atoms with E-state index in [-0.39, 0.29) is 11.4 Å². The van der Waals surface area contributed by atoms with Crippen molar-refractivity contribution in [1.29, 1.82) is 0 Å². The minimum atomic E-state index is -0.743. The molecule has 0 saturated carbocycles. The molecule has 5 heteroatoms. The molecule has 5 nitrogen and oxygen atoms in total. The predicted octanol–water partition coefficient (Wildman–Crippen LogP) is 0.0220. The third-order valence-electron chi connectivity index (χ3n) is 1.85. The number of amides is 1. The molecule has 1 amide bonds. The summed E-state index contributed by atoms with van der Waals surface area (Å²) in [6, 6.07) is 6.74. The number of hydrogen-bond donors (Lipinski definition) is 2. The summed E-state index contributed by atoms with van der Waals surface area (Å²) < 4.78 is 0. The highest BCUT2D eigenvalue weighted by Crippen LogP contribution is 2.04. The number of H-pyrrole nitrogens is 1. The second-order valence-corrected chi connectivity index (χ2v) is 2.80. The minimum absolute atomic E-state index is 0.117. The average Bonchev–Trinajstić information content (AvgIpc) is 2.17. The number of nitrogens with two attached hydrogens (primary N) is 1. The van der Waals surface area contributed by atoms with Gasteiger partial charge in [-0.25, -0.2) is 4.98 Å². The van der Waals surface area contributed by atoms with E-state index in [1.807, 2.05) is 0 Å². The lowest BCUT2D eigenvalue weighted by Gasteiger charge is -1.97. The van der Waals surface area contributed by atoms with Crippen LogP contribution in [0.1, 0.15) is 10.6 Å². The van der Waals surface area contributed by atoms with Gasteiger partial charge in [-0.05, 0) is 12.1 Å². The molecule has 1 heterocycles. The van der Waals surface area contributed by atoms with Gasteiger partial charge in [-0.3, -0.25) is 9.59 Å². The summed E-state index contributed by atoms with van der Waals surface area (Å²) >= 11 is 0. The summed E-state index contributed by atoms with van der Waals surface area (Å²) in [5.74, 6) is -0.860. The first-order chi connectivity index (χ1) is 6.68. The van der Waals surface area contributed by atoms with E-state index in [0.29, 0.717) is 10.9 Å². The number of carbonyl (C=O) groups excluding carboxylic acids is 1. The zero-order valence-electron chi connectivity index (χ0n) is 7.15. The van der Waals surface area contributed by atoms with E-state index >= 15 is 0 Å². The van der Waals surface area contributed by atoms with E-state index < -0.39 is 5.91 Å². The summed E-state index contributed by atoms with van der Waals surface area (Å²) in [4.78, 5) is 28.4. The van der Waals surface area contributed by atoms with Crippen molar-refractivity contribution >= 4 is 16.8 Å². The summed E-state index contributed by atoms with van der Waals surface area (Å²) in [5, 5.41) is 0.442. The van der Waals surface area contributed by atoms with Crippen LogP contribution in [0, 0.1) is 0 Å². The number of rotatable bonds is 1. The molecule has 0 aliphatic rings. The van der Waals surface area contributed by atoms with Gasteiger partial charge < -0.3 is 10.7 Å². The zero-order valence-corrected chi connectivity index (χ0v) is 7.15. The zero-order chi connectivity index (χ0) is 10.1. The van der Waals surface area contributed by atoms with Crippen LogP contribution in [0.4, 0.5) is 0 Å². The molecular weight excluding hydrogens is 182 g/mol. The van der Waals surface area contributed by atoms with Crippen LogP contribution >= 0.6 is 0 Å². The SMILES string of the molecule is NC(=O)c1nc2ccccc2c(=O)[nH]1. The largest absolute Gasteiger partial charge is 0.363 e. The van der Waals surface area contributed by atoms with Crippen molar-refractivity contribution in [1.82, 2.24) is 9.97 Å². The second kappa shape index (κ2) is 2.95. The Morgan fingerprint density at radius 1 is 1.36 bits per heavy atom. The summed E-state index contributed by atoms with van der Waals surface area (Å²) in [6.45, 7) is 0. The van der Waals surface area contributed by atoms with Crippen LogP contribution in [0.3, 0.4) is 0 Å². The monoisotopic (exact) mass is 189 g/mol. The number of nitrogens with one attached hydrogen (secondary N) is 1. The van der Waals surface area contributed by atoms with Crippen molar-refractivity contribution in [2.75, 3.05) is 0 Å². The lowest BCUT2D eigenvalue weighted by Crippen LogP contribution is -2.21. The van der Waals surface area contributed by atoms with Crippen molar-refractivity contribution in [3.05, 3.63) is 40.4 Å². The predicted molar refractivity (Wildman–Crippen MR) is 50.9 cm³/mol. The van der Waals surface area contributed by atoms with Crippen molar-refractivity contribution in [2.24, 2.45) is 5.73 Å². The Morgan fingerprint density at radius 3 is 2.79 bits per heavy atom. The van der Waals surface area contributed by atoms with Gasteiger partial charge in [0.25, 0.3) is 11.5 Å². The molecule has 0 aliphatic heterocycles. The first-order valence-corrected chi connectivity index (χ1v) is 3.97. The number of aromatic amines is 1. The van der Waals surface area contributed by atoms with Gasteiger partial charge in [0.05, 0.1) is 10.9 Å². The molecule has 0 aliphatic carbocycles. The molecule has 70 valence electrons. The highest BCUT2D eigenvalue weighted by Gasteiger charge is 2.06. The van der Waals surface area contributed by atoms with Gasteiger partial charge in [0.1, 0.15) is 0 Å². The smallest absolute Gasteiger partial charge is 0.284 e. The molecule has 14 heavy (non-hydrogen) atoms. The number of benzene rings is 1. The molecule has 1 aromatic heterocycles. The van der Waals surface area contributed by atoms with Crippen LogP contribution in [0.25, 0.3) is 10.9 Å². The number of carbonyl (C=O) groups is 1. The van der Waals surface area contributed by atoms with E-state index in [1.54, 1.807) is 24.3 Å². The highest BCUT2D eigenvalue weighted by atomic mass is 16.1. The second-order valence-electron chi connectivity index (χ2n) is 2.80. The van der Waals surface area contributed by atoms with E-state index in [1.165, 1.54) is 0 Å². The third-order valence-corrected chi connectivity index (χ3v) is 1.85. The molecule has 0 radical (unpaired) electrons. The molecule has 2 rings (SSSR count). The van der Waals surface area contributed by atoms with E-state index in [4.69, 9.17) is 5.73 Å². The number of hydrogen-bond acceptors (Lipinski definition) is 3. The molecule has 0 atom stereocenters. The van der Waals surface area contributed by atoms with Crippen LogP contribution in [0.5, 0.6) is 0 Å². The maximum Gasteiger partial charge on any atom is 0.284 e. The first kappa shape index (κ1) is 8.43. The quantitative estimate of drug-likeness (QED) is 0.662. The fourth-order valence-corrected chi connectivity index (χ4v) is 1.20. The Balaban J connectivity index is 2.86. The number of para-hydroxylation sites is 1. The molecule has 0 bridgehead atoms. The number of nitrogens with zero attached hydrogens (tertiary/aromatic N) is 1. The van der Waals surface area contributed by atoms with Crippen molar-refractivity contribution in [2.45, 2.75) is 0 Å². The van der Waals surface area contributed by atoms with E-state index in [9.17, 15) is 9.59 Å². The Hall–Kier alpha value is -2.17. The van der Waals surface area contributed by atoms with Crippen molar-refractivity contribution in [3.63, 3.8) is 0 Å². The lowest BCUT2D eigenvalue weighted by atomic mass is 10.2. The van der Waals surface area contributed by atoms with Crippen LogP contribution < -0.4 is 11.3 Å². The van der Waals surface area contributed by atoms with Crippen LogP contribution in [0.2, 0.25) is 0 Å². The Labute approximate surface area is 78.6 Å². The molecule has 3 N–H and O–H groups in total. The fraction of sp³-hybridized carbons (Fsp3) is 0. The maximum absolute atomic E-state index is 11.4. The summed E-state index contributed by atoms with van der Waals surface area (Å²) in [7, 11) is 0. The average molecular weight is 189 g/mol. The summed E-state index contributed by atoms with van der Waals surface area (Å²) in [5.41, 5.74) is 5.11. The van der Waals surface area contributed by atoms with Gasteiger partial charge in [0.15, 0.2) is 5.82 Å². The standard InChI is InChI=1S/C9H7N3O2/c10-7(13)8-11-6-4-2-1-3-5(6)9(14)12-8/h1-4H,(H2,10,13)(H,11,12,14). The summed E-state index contributed by atoms with van der Waals surface area (Å²) in [6.07, 6.45) is 0. The number of fused-ring (bicyclic) bond motifs is 1. The first-order valence-electron chi connectivity index (χ1n) is 3.97. The van der Waals surface area contributed by atoms with E-state index in [0.717, 1.165) is 0 Å². The Bertz CT molecular complexity index is 559. The molecule has 0 saturated heterocycles. The van der Waals surface area contributed by atoms with Crippen LogP contribution in [-0.2, 0) is 0 Å². The van der Waals surface area contributed by atoms with Crippen LogP contribution in [-0.4, -0.2) is 15.9 Å². The number of primary amides is 1. The van der Waals surface area contributed by atoms with Gasteiger partial charge in [-0.15, -0.1) is 0 Å². The van der Waals surface area contributed by atoms with Gasteiger partial charge in [-0.2, -0.15) is 0 Å². The maximum atomic E-state index is 11.4. The topological polar surface area (TPSA) is 88.8 Å². The fourth-order valence-electron chi connectivity index (χ4n) is 1.20. The third kappa shape index (κ3) is 1.24. The van der Waals surface area contributed by atoms with Gasteiger partial charge in [0.2, 0.25) is 0 Å². The van der Waals surface area contributed by atoms with Crippen molar-refractivity contribution in [3.8, 4) is 0 Å². The van der Waals surface area contributed by atoms with E-state index in [2.05, 4.69) is 9.97 Å². The molecule has 0 spiro atoms. The molecule has 1 aromatic carbocycles. The molecular formula is C9H7N3O2. The Kier molecular flexibility index (Phi) is 1.78. The van der Waals surface area contributed by atoms with Gasteiger partial charge in [0, 0.05) is 0 Å². The molecule has 0 fully saturated rings.